The van der Waals surface area contributed by atoms with E-state index in [2.05, 4.69) is 4.98 Å². The second kappa shape index (κ2) is 11.5. The highest BCUT2D eigenvalue weighted by Crippen LogP contribution is 2.39. The number of aryl methyl sites for hydroxylation is 1. The van der Waals surface area contributed by atoms with Gasteiger partial charge in [0.2, 0.25) is 10.0 Å². The van der Waals surface area contributed by atoms with E-state index < -0.39 is 33.5 Å². The van der Waals surface area contributed by atoms with Crippen molar-refractivity contribution in [3.63, 3.8) is 0 Å². The topological polar surface area (TPSA) is 123 Å². The molecule has 0 saturated carbocycles. The molecule has 36 heavy (non-hydrogen) atoms. The van der Waals surface area contributed by atoms with Gasteiger partial charge in [-0.15, -0.1) is 24.8 Å². The zero-order valence-corrected chi connectivity index (χ0v) is 21.7. The van der Waals surface area contributed by atoms with Crippen LogP contribution in [0.4, 0.5) is 4.39 Å². The molecule has 0 aliphatic carbocycles. The first-order valence-corrected chi connectivity index (χ1v) is 12.0. The van der Waals surface area contributed by atoms with E-state index in [1.54, 1.807) is 24.3 Å². The monoisotopic (exact) mass is 557 g/mol. The molecule has 1 saturated heterocycles. The lowest BCUT2D eigenvalue weighted by molar-refractivity contribution is -0.138. The van der Waals surface area contributed by atoms with Crippen molar-refractivity contribution >= 4 is 40.8 Å². The van der Waals surface area contributed by atoms with Crippen LogP contribution in [-0.2, 0) is 26.8 Å². The average molecular weight is 558 g/mol. The van der Waals surface area contributed by atoms with Crippen LogP contribution in [0.15, 0.2) is 71.8 Å². The summed E-state index contributed by atoms with van der Waals surface area (Å²) in [5, 5.41) is 9.03. The minimum Gasteiger partial charge on any atom is -0.480 e. The number of hydrogen-bond donors (Lipinski definition) is 2. The smallest absolute Gasteiger partial charge is 0.320 e. The summed E-state index contributed by atoms with van der Waals surface area (Å²) in [5.74, 6) is -1.13. The Balaban J connectivity index is 0.00000228. The number of aliphatic carboxylic acids is 1. The number of aromatic nitrogens is 1. The molecule has 12 heteroatoms. The number of ether oxygens (including phenoxy) is 1. The fraction of sp³-hybridized carbons (Fsp3) is 0.250. The van der Waals surface area contributed by atoms with E-state index in [9.17, 15) is 17.6 Å². The molecule has 194 valence electrons. The van der Waals surface area contributed by atoms with Gasteiger partial charge in [-0.25, -0.2) is 12.8 Å². The number of carboxylic acid groups (broad SMARTS) is 1. The molecular formula is C24H26Cl2FN3O5S. The first kappa shape index (κ1) is 29.5. The van der Waals surface area contributed by atoms with Crippen molar-refractivity contribution in [2.24, 2.45) is 5.73 Å². The van der Waals surface area contributed by atoms with E-state index in [1.165, 1.54) is 28.6 Å². The Morgan fingerprint density at radius 2 is 1.83 bits per heavy atom. The van der Waals surface area contributed by atoms with E-state index in [-0.39, 0.29) is 49.2 Å². The molecule has 0 amide bonds. The number of benzene rings is 2. The fourth-order valence-corrected chi connectivity index (χ4v) is 5.38. The minimum atomic E-state index is -3.90. The molecular weight excluding hydrogens is 532 g/mol. The van der Waals surface area contributed by atoms with Crippen molar-refractivity contribution in [2.45, 2.75) is 29.9 Å². The first-order valence-electron chi connectivity index (χ1n) is 10.5. The van der Waals surface area contributed by atoms with Crippen molar-refractivity contribution in [1.29, 1.82) is 0 Å². The number of rotatable bonds is 8. The lowest BCUT2D eigenvalue weighted by Crippen LogP contribution is -2.64. The second-order valence-corrected chi connectivity index (χ2v) is 10.3. The van der Waals surface area contributed by atoms with Gasteiger partial charge in [0.25, 0.3) is 0 Å². The van der Waals surface area contributed by atoms with Crippen LogP contribution < -0.4 is 10.5 Å². The van der Waals surface area contributed by atoms with Crippen LogP contribution in [0, 0.1) is 12.7 Å². The number of hydrogen-bond acceptors (Lipinski definition) is 6. The fourth-order valence-electron chi connectivity index (χ4n) is 3.77. The molecule has 2 heterocycles. The zero-order chi connectivity index (χ0) is 24.5. The van der Waals surface area contributed by atoms with Gasteiger partial charge in [-0.3, -0.25) is 9.78 Å². The summed E-state index contributed by atoms with van der Waals surface area (Å²) in [6, 6.07) is 15.0. The first-order chi connectivity index (χ1) is 16.1. The number of nitrogens with zero attached hydrogens (tertiary/aromatic N) is 2. The van der Waals surface area contributed by atoms with Crippen LogP contribution in [0.3, 0.4) is 0 Å². The number of halogens is 3. The largest absolute Gasteiger partial charge is 0.480 e. The maximum Gasteiger partial charge on any atom is 0.320 e. The van der Waals surface area contributed by atoms with Gasteiger partial charge < -0.3 is 15.6 Å². The summed E-state index contributed by atoms with van der Waals surface area (Å²) in [7, 11) is -3.90. The van der Waals surface area contributed by atoms with Gasteiger partial charge in [0.15, 0.2) is 5.60 Å². The predicted molar refractivity (Wildman–Crippen MR) is 137 cm³/mol. The Labute approximate surface area is 221 Å². The Hall–Kier alpha value is -2.76. The number of sulfonamides is 1. The minimum absolute atomic E-state index is 0. The van der Waals surface area contributed by atoms with Gasteiger partial charge in [0, 0.05) is 0 Å². The van der Waals surface area contributed by atoms with Gasteiger partial charge in [0.05, 0.1) is 29.9 Å². The lowest BCUT2D eigenvalue weighted by atomic mass is 9.91. The molecule has 0 spiro atoms. The molecule has 3 N–H and O–H groups in total. The summed E-state index contributed by atoms with van der Waals surface area (Å²) in [6.45, 7) is 1.89. The SMILES string of the molecule is Cc1ccc(OC2(c3ccc(F)cn3)CN(S(=O)(=O)c3cccc(C[C@H](N)C(=O)O)c3)C2)cc1.Cl.Cl. The summed E-state index contributed by atoms with van der Waals surface area (Å²) >= 11 is 0. The van der Waals surface area contributed by atoms with Crippen molar-refractivity contribution in [3.8, 4) is 5.75 Å². The highest BCUT2D eigenvalue weighted by molar-refractivity contribution is 7.89. The highest BCUT2D eigenvalue weighted by Gasteiger charge is 2.53. The third-order valence-electron chi connectivity index (χ3n) is 5.70. The average Bonchev–Trinajstić information content (AvgIpc) is 2.78. The molecule has 1 fully saturated rings. The number of carbonyl (C=O) groups is 1. The van der Waals surface area contributed by atoms with E-state index in [1.807, 2.05) is 19.1 Å². The van der Waals surface area contributed by atoms with Crippen LogP contribution in [0.1, 0.15) is 16.8 Å². The molecule has 3 aromatic rings. The predicted octanol–water partition coefficient (Wildman–Crippen LogP) is 3.31. The molecule has 2 aromatic carbocycles. The molecule has 1 aromatic heterocycles. The number of carboxylic acids is 1. The van der Waals surface area contributed by atoms with Gasteiger partial charge in [-0.2, -0.15) is 4.31 Å². The Kier molecular flexibility index (Phi) is 9.44. The molecule has 8 nitrogen and oxygen atoms in total. The van der Waals surface area contributed by atoms with Crippen molar-refractivity contribution in [2.75, 3.05) is 13.1 Å². The molecule has 0 bridgehead atoms. The van der Waals surface area contributed by atoms with Crippen LogP contribution in [-0.4, -0.2) is 47.9 Å². The van der Waals surface area contributed by atoms with Crippen LogP contribution >= 0.6 is 24.8 Å². The van der Waals surface area contributed by atoms with Crippen molar-refractivity contribution < 1.29 is 27.4 Å². The van der Waals surface area contributed by atoms with E-state index >= 15 is 0 Å². The van der Waals surface area contributed by atoms with Gasteiger partial charge in [-0.1, -0.05) is 29.8 Å². The standard InChI is InChI=1S/C24H24FN3O5S.2ClH/c1-16-5-8-19(9-6-16)33-24(22-10-7-18(25)13-27-22)14-28(15-24)34(31,32)20-4-2-3-17(11-20)12-21(26)23(29)30;;/h2-11,13,21H,12,14-15,26H2,1H3,(H,29,30);2*1H/t21-;;/m0../s1. The number of pyridine rings is 1. The van der Waals surface area contributed by atoms with Crippen molar-refractivity contribution in [1.82, 2.24) is 9.29 Å². The van der Waals surface area contributed by atoms with E-state index in [0.717, 1.165) is 11.8 Å². The van der Waals surface area contributed by atoms with E-state index in [4.69, 9.17) is 15.6 Å². The molecule has 0 unspecified atom stereocenters. The van der Waals surface area contributed by atoms with Crippen molar-refractivity contribution in [3.05, 3.63) is 89.5 Å². The molecule has 4 rings (SSSR count). The maximum absolute atomic E-state index is 13.5. The van der Waals surface area contributed by atoms with Crippen LogP contribution in [0.5, 0.6) is 5.75 Å². The molecule has 1 atom stereocenters. The summed E-state index contributed by atoms with van der Waals surface area (Å²) in [5.41, 5.74) is 6.47. The quantitative estimate of drug-likeness (QED) is 0.435. The Bertz CT molecular complexity index is 1300. The molecule has 1 aliphatic rings. The Morgan fingerprint density at radius 1 is 1.17 bits per heavy atom. The Morgan fingerprint density at radius 3 is 2.42 bits per heavy atom. The lowest BCUT2D eigenvalue weighted by Gasteiger charge is -2.48. The summed E-state index contributed by atoms with van der Waals surface area (Å²) < 4.78 is 47.5. The van der Waals surface area contributed by atoms with Gasteiger partial charge >= 0.3 is 5.97 Å². The van der Waals surface area contributed by atoms with Crippen LogP contribution in [0.25, 0.3) is 0 Å². The maximum atomic E-state index is 13.5. The third-order valence-corrected chi connectivity index (χ3v) is 7.49. The zero-order valence-electron chi connectivity index (χ0n) is 19.2. The molecule has 1 aliphatic heterocycles. The summed E-state index contributed by atoms with van der Waals surface area (Å²) in [6.07, 6.45) is 1.07. The van der Waals surface area contributed by atoms with Crippen LogP contribution in [0.2, 0.25) is 0 Å². The van der Waals surface area contributed by atoms with Gasteiger partial charge in [0.1, 0.15) is 17.6 Å². The number of nitrogens with two attached hydrogens (primary N) is 1. The highest BCUT2D eigenvalue weighted by atomic mass is 35.5. The molecule has 0 radical (unpaired) electrons. The van der Waals surface area contributed by atoms with Gasteiger partial charge in [-0.05, 0) is 55.3 Å². The summed E-state index contributed by atoms with van der Waals surface area (Å²) in [4.78, 5) is 15.2. The second-order valence-electron chi connectivity index (χ2n) is 8.34. The van der Waals surface area contributed by atoms with E-state index in [0.29, 0.717) is 17.0 Å². The normalized spacial score (nSPS) is 15.5. The third kappa shape index (κ3) is 6.13.